The van der Waals surface area contributed by atoms with Gasteiger partial charge in [-0.25, -0.2) is 0 Å². The van der Waals surface area contributed by atoms with Crippen LogP contribution < -0.4 is 5.73 Å². The summed E-state index contributed by atoms with van der Waals surface area (Å²) in [5.74, 6) is 0. The van der Waals surface area contributed by atoms with E-state index in [9.17, 15) is 0 Å². The van der Waals surface area contributed by atoms with Gasteiger partial charge in [0.15, 0.2) is 0 Å². The van der Waals surface area contributed by atoms with Crippen LogP contribution in [0.15, 0.2) is 12.1 Å². The molecule has 0 saturated carbocycles. The third-order valence-corrected chi connectivity index (χ3v) is 4.55. The largest absolute Gasteiger partial charge is 0.327 e. The second-order valence-corrected chi connectivity index (χ2v) is 6.98. The molecular weight excluding hydrogens is 216 g/mol. The van der Waals surface area contributed by atoms with Crippen molar-refractivity contribution in [2.45, 2.75) is 39.8 Å². The quantitative estimate of drug-likeness (QED) is 0.858. The van der Waals surface area contributed by atoms with Crippen molar-refractivity contribution in [2.24, 2.45) is 11.1 Å². The first-order valence-electron chi connectivity index (χ1n) is 6.00. The van der Waals surface area contributed by atoms with E-state index in [-0.39, 0.29) is 5.41 Å². The molecule has 2 nitrogen and oxygen atoms in total. The number of nitrogens with zero attached hydrogens (tertiary/aromatic N) is 1. The summed E-state index contributed by atoms with van der Waals surface area (Å²) in [6.45, 7) is 10.1. The number of hydrogen-bond donors (Lipinski definition) is 1. The van der Waals surface area contributed by atoms with Crippen molar-refractivity contribution >= 4 is 11.3 Å². The van der Waals surface area contributed by atoms with E-state index in [4.69, 9.17) is 5.73 Å². The summed E-state index contributed by atoms with van der Waals surface area (Å²) in [6, 6.07) is 4.82. The zero-order chi connectivity index (χ0) is 11.8. The lowest BCUT2D eigenvalue weighted by Gasteiger charge is -2.42. The summed E-state index contributed by atoms with van der Waals surface area (Å²) >= 11 is 1.91. The number of hydrogen-bond acceptors (Lipinski definition) is 3. The fraction of sp³-hybridized carbons (Fsp3) is 0.692. The highest BCUT2D eigenvalue weighted by atomic mass is 32.1. The van der Waals surface area contributed by atoms with Gasteiger partial charge in [-0.05, 0) is 30.9 Å². The lowest BCUT2D eigenvalue weighted by Crippen LogP contribution is -2.51. The van der Waals surface area contributed by atoms with Crippen LogP contribution in [0.4, 0.5) is 0 Å². The van der Waals surface area contributed by atoms with Gasteiger partial charge in [-0.1, -0.05) is 13.8 Å². The number of likely N-dealkylation sites (tertiary alicyclic amines) is 1. The highest BCUT2D eigenvalue weighted by Crippen LogP contribution is 2.29. The summed E-state index contributed by atoms with van der Waals surface area (Å²) in [7, 11) is 0. The predicted molar refractivity (Wildman–Crippen MR) is 70.7 cm³/mol. The molecule has 0 bridgehead atoms. The minimum Gasteiger partial charge on any atom is -0.327 e. The molecule has 0 amide bonds. The molecule has 1 unspecified atom stereocenters. The van der Waals surface area contributed by atoms with Crippen molar-refractivity contribution in [1.82, 2.24) is 4.90 Å². The highest BCUT2D eigenvalue weighted by Gasteiger charge is 2.33. The van der Waals surface area contributed by atoms with Gasteiger partial charge >= 0.3 is 0 Å². The van der Waals surface area contributed by atoms with Crippen LogP contribution in [0.1, 0.15) is 30.0 Å². The Morgan fingerprint density at radius 2 is 2.25 bits per heavy atom. The van der Waals surface area contributed by atoms with Crippen LogP contribution in [-0.2, 0) is 6.54 Å². The van der Waals surface area contributed by atoms with Crippen molar-refractivity contribution in [3.8, 4) is 0 Å². The van der Waals surface area contributed by atoms with E-state index in [1.54, 1.807) is 0 Å². The summed E-state index contributed by atoms with van der Waals surface area (Å²) in [5.41, 5.74) is 6.40. The van der Waals surface area contributed by atoms with E-state index in [0.717, 1.165) is 26.1 Å². The topological polar surface area (TPSA) is 29.3 Å². The molecule has 1 aliphatic rings. The van der Waals surface area contributed by atoms with Crippen LogP contribution >= 0.6 is 11.3 Å². The van der Waals surface area contributed by atoms with E-state index in [0.29, 0.717) is 6.04 Å². The van der Waals surface area contributed by atoms with Gasteiger partial charge in [0.1, 0.15) is 0 Å². The Balaban J connectivity index is 1.97. The van der Waals surface area contributed by atoms with Crippen LogP contribution in [0.3, 0.4) is 0 Å². The molecule has 0 aliphatic carbocycles. The Bertz CT molecular complexity index is 357. The van der Waals surface area contributed by atoms with Crippen molar-refractivity contribution < 1.29 is 0 Å². The molecule has 1 fully saturated rings. The van der Waals surface area contributed by atoms with Crippen LogP contribution in [0.2, 0.25) is 0 Å². The van der Waals surface area contributed by atoms with Gasteiger partial charge in [0.05, 0.1) is 0 Å². The number of thiophene rings is 1. The molecular formula is C13H22N2S. The Morgan fingerprint density at radius 3 is 2.81 bits per heavy atom. The number of rotatable bonds is 2. The maximum atomic E-state index is 6.15. The molecule has 1 aromatic heterocycles. The third-order valence-electron chi connectivity index (χ3n) is 3.57. The van der Waals surface area contributed by atoms with Crippen LogP contribution in [-0.4, -0.2) is 24.0 Å². The lowest BCUT2D eigenvalue weighted by atomic mass is 9.80. The average Bonchev–Trinajstić information content (AvgIpc) is 2.57. The number of aryl methyl sites for hydroxylation is 1. The minimum atomic E-state index is 0.255. The molecule has 1 saturated heterocycles. The number of nitrogens with two attached hydrogens (primary N) is 1. The maximum absolute atomic E-state index is 6.15. The average molecular weight is 238 g/mol. The van der Waals surface area contributed by atoms with Crippen molar-refractivity contribution in [1.29, 1.82) is 0 Å². The van der Waals surface area contributed by atoms with Gasteiger partial charge in [0.25, 0.3) is 0 Å². The smallest absolute Gasteiger partial charge is 0.0328 e. The Kier molecular flexibility index (Phi) is 3.38. The third kappa shape index (κ3) is 2.65. The minimum absolute atomic E-state index is 0.255. The Labute approximate surface area is 102 Å². The van der Waals surface area contributed by atoms with Gasteiger partial charge in [-0.3, -0.25) is 4.90 Å². The Morgan fingerprint density at radius 1 is 1.50 bits per heavy atom. The highest BCUT2D eigenvalue weighted by molar-refractivity contribution is 7.11. The van der Waals surface area contributed by atoms with Gasteiger partial charge in [0, 0.05) is 35.4 Å². The van der Waals surface area contributed by atoms with E-state index in [2.05, 4.69) is 37.8 Å². The fourth-order valence-electron chi connectivity index (χ4n) is 2.41. The normalized spacial score (nSPS) is 25.9. The molecule has 3 heteroatoms. The SMILES string of the molecule is Cc1ccc(CN2CCC(N)C(C)(C)C2)s1. The second kappa shape index (κ2) is 4.47. The predicted octanol–water partition coefficient (Wildman–Crippen LogP) is 2.62. The molecule has 16 heavy (non-hydrogen) atoms. The molecule has 2 N–H and O–H groups in total. The number of piperidine rings is 1. The zero-order valence-electron chi connectivity index (χ0n) is 10.5. The van der Waals surface area contributed by atoms with Gasteiger partial charge in [-0.15, -0.1) is 11.3 Å². The molecule has 2 heterocycles. The lowest BCUT2D eigenvalue weighted by molar-refractivity contribution is 0.0907. The second-order valence-electron chi connectivity index (χ2n) is 5.61. The maximum Gasteiger partial charge on any atom is 0.0328 e. The summed E-state index contributed by atoms with van der Waals surface area (Å²) < 4.78 is 0. The van der Waals surface area contributed by atoms with E-state index < -0.39 is 0 Å². The molecule has 90 valence electrons. The van der Waals surface area contributed by atoms with E-state index >= 15 is 0 Å². The van der Waals surface area contributed by atoms with Crippen molar-refractivity contribution in [3.63, 3.8) is 0 Å². The summed E-state index contributed by atoms with van der Waals surface area (Å²) in [6.07, 6.45) is 1.12. The molecule has 0 aromatic carbocycles. The van der Waals surface area contributed by atoms with Crippen molar-refractivity contribution in [3.05, 3.63) is 21.9 Å². The first kappa shape index (κ1) is 12.1. The fourth-order valence-corrected chi connectivity index (χ4v) is 3.34. The van der Waals surface area contributed by atoms with Crippen LogP contribution in [0.25, 0.3) is 0 Å². The molecule has 1 aliphatic heterocycles. The molecule has 1 aromatic rings. The van der Waals surface area contributed by atoms with Gasteiger partial charge in [-0.2, -0.15) is 0 Å². The monoisotopic (exact) mass is 238 g/mol. The molecule has 0 radical (unpaired) electrons. The summed E-state index contributed by atoms with van der Waals surface area (Å²) in [4.78, 5) is 5.42. The molecule has 0 spiro atoms. The summed E-state index contributed by atoms with van der Waals surface area (Å²) in [5, 5.41) is 0. The first-order chi connectivity index (χ1) is 7.47. The Hall–Kier alpha value is -0.380. The zero-order valence-corrected chi connectivity index (χ0v) is 11.3. The van der Waals surface area contributed by atoms with E-state index in [1.807, 2.05) is 11.3 Å². The van der Waals surface area contributed by atoms with E-state index in [1.165, 1.54) is 9.75 Å². The van der Waals surface area contributed by atoms with Gasteiger partial charge < -0.3 is 5.73 Å². The molecule has 1 atom stereocenters. The van der Waals surface area contributed by atoms with Crippen molar-refractivity contribution in [2.75, 3.05) is 13.1 Å². The van der Waals surface area contributed by atoms with Gasteiger partial charge in [0.2, 0.25) is 0 Å². The standard InChI is InChI=1S/C13H22N2S/c1-10-4-5-11(16-10)8-15-7-6-12(14)13(2,3)9-15/h4-5,12H,6-9,14H2,1-3H3. The molecule has 2 rings (SSSR count). The first-order valence-corrected chi connectivity index (χ1v) is 6.82. The van der Waals surface area contributed by atoms with Crippen LogP contribution in [0.5, 0.6) is 0 Å². The van der Waals surface area contributed by atoms with Crippen LogP contribution in [0, 0.1) is 12.3 Å².